The quantitative estimate of drug-likeness (QED) is 0.439. The summed E-state index contributed by atoms with van der Waals surface area (Å²) in [5, 5.41) is 8.00. The smallest absolute Gasteiger partial charge is 0.123 e. The lowest BCUT2D eigenvalue weighted by molar-refractivity contribution is 0.306. The molecule has 2 aromatic heterocycles. The number of nitrogens with zero attached hydrogens (tertiary/aromatic N) is 3. The van der Waals surface area contributed by atoms with Crippen LogP contribution >= 0.6 is 0 Å². The molecule has 2 aliphatic rings. The minimum atomic E-state index is -0.249. The van der Waals surface area contributed by atoms with E-state index in [4.69, 9.17) is 5.10 Å². The number of hydrogen-bond acceptors (Lipinski definition) is 3. The van der Waals surface area contributed by atoms with E-state index in [2.05, 4.69) is 57.5 Å². The minimum Gasteiger partial charge on any atom is -0.289 e. The van der Waals surface area contributed by atoms with Gasteiger partial charge in [-0.15, -0.1) is 0 Å². The molecule has 0 saturated heterocycles. The lowest BCUT2D eigenvalue weighted by Gasteiger charge is -2.28. The first-order valence-corrected chi connectivity index (χ1v) is 11.2. The number of nitrogens with one attached hydrogen (secondary N) is 1. The highest BCUT2D eigenvalue weighted by Crippen LogP contribution is 2.40. The number of aromatic amines is 1. The van der Waals surface area contributed by atoms with E-state index in [1.807, 2.05) is 12.1 Å². The summed E-state index contributed by atoms with van der Waals surface area (Å²) in [4.78, 5) is 6.69. The number of aromatic nitrogens is 3. The Morgan fingerprint density at radius 3 is 2.36 bits per heavy atom. The van der Waals surface area contributed by atoms with Crippen molar-refractivity contribution in [1.82, 2.24) is 20.1 Å². The Hall–Kier alpha value is -3.83. The van der Waals surface area contributed by atoms with E-state index in [0.29, 0.717) is 0 Å². The molecular weight excluding hydrogens is 411 g/mol. The normalized spacial score (nSPS) is 18.0. The van der Waals surface area contributed by atoms with Crippen LogP contribution in [0, 0.1) is 5.82 Å². The van der Waals surface area contributed by atoms with Gasteiger partial charge in [0.15, 0.2) is 0 Å². The predicted octanol–water partition coefficient (Wildman–Crippen LogP) is 5.83. The third kappa shape index (κ3) is 3.70. The molecule has 0 spiro atoms. The van der Waals surface area contributed by atoms with Crippen molar-refractivity contribution < 1.29 is 4.39 Å². The van der Waals surface area contributed by atoms with Crippen LogP contribution in [-0.2, 0) is 0 Å². The van der Waals surface area contributed by atoms with Crippen LogP contribution in [0.4, 0.5) is 4.39 Å². The molecule has 5 heteroatoms. The molecule has 4 nitrogen and oxygen atoms in total. The van der Waals surface area contributed by atoms with Gasteiger partial charge in [0, 0.05) is 42.7 Å². The average Bonchev–Trinajstić information content (AvgIpc) is 3.50. The van der Waals surface area contributed by atoms with Gasteiger partial charge in [-0.3, -0.25) is 15.0 Å². The summed E-state index contributed by atoms with van der Waals surface area (Å²) in [6.07, 6.45) is 9.23. The van der Waals surface area contributed by atoms with Crippen molar-refractivity contribution >= 4 is 11.1 Å². The second-order valence-corrected chi connectivity index (χ2v) is 8.53. The van der Waals surface area contributed by atoms with E-state index >= 15 is 0 Å². The molecule has 4 heterocycles. The van der Waals surface area contributed by atoms with Crippen LogP contribution in [0.2, 0.25) is 0 Å². The maximum absolute atomic E-state index is 13.5. The molecule has 0 fully saturated rings. The minimum absolute atomic E-state index is 0.249. The number of benzene rings is 2. The molecular formula is C28H23FN4. The highest BCUT2D eigenvalue weighted by atomic mass is 19.1. The van der Waals surface area contributed by atoms with E-state index in [1.165, 1.54) is 28.8 Å². The Morgan fingerprint density at radius 2 is 1.58 bits per heavy atom. The topological polar surface area (TPSA) is 44.8 Å². The summed E-state index contributed by atoms with van der Waals surface area (Å²) in [5.74, 6) is -0.249. The monoisotopic (exact) mass is 434 g/mol. The van der Waals surface area contributed by atoms with Crippen molar-refractivity contribution in [2.75, 3.05) is 13.1 Å². The van der Waals surface area contributed by atoms with Crippen LogP contribution in [0.3, 0.4) is 0 Å². The summed E-state index contributed by atoms with van der Waals surface area (Å²) in [6.45, 7) is 1.95. The van der Waals surface area contributed by atoms with Crippen LogP contribution in [0.1, 0.15) is 17.7 Å². The Bertz CT molecular complexity index is 1340. The predicted molar refractivity (Wildman–Crippen MR) is 130 cm³/mol. The van der Waals surface area contributed by atoms with Gasteiger partial charge in [-0.2, -0.15) is 5.10 Å². The summed E-state index contributed by atoms with van der Waals surface area (Å²) in [7, 11) is 0. The van der Waals surface area contributed by atoms with Crippen LogP contribution in [0.25, 0.3) is 33.5 Å². The second kappa shape index (κ2) is 8.26. The zero-order valence-electron chi connectivity index (χ0n) is 18.1. The fraction of sp³-hybridized carbons (Fsp3) is 0.143. The Labute approximate surface area is 192 Å². The molecule has 162 valence electrons. The Balaban J connectivity index is 1.42. The molecule has 0 amide bonds. The van der Waals surface area contributed by atoms with Gasteiger partial charge in [-0.1, -0.05) is 42.5 Å². The number of H-pyrrole nitrogens is 1. The summed E-state index contributed by atoms with van der Waals surface area (Å²) < 4.78 is 13.5. The van der Waals surface area contributed by atoms with E-state index in [-0.39, 0.29) is 11.9 Å². The largest absolute Gasteiger partial charge is 0.289 e. The van der Waals surface area contributed by atoms with Gasteiger partial charge in [0.25, 0.3) is 0 Å². The lowest BCUT2D eigenvalue weighted by Crippen LogP contribution is -2.33. The second-order valence-electron chi connectivity index (χ2n) is 8.53. The molecule has 1 unspecified atom stereocenters. The maximum Gasteiger partial charge on any atom is 0.123 e. The van der Waals surface area contributed by atoms with E-state index < -0.39 is 0 Å². The van der Waals surface area contributed by atoms with Gasteiger partial charge in [-0.25, -0.2) is 4.39 Å². The van der Waals surface area contributed by atoms with Crippen molar-refractivity contribution in [1.29, 1.82) is 0 Å². The molecule has 0 bridgehead atoms. The molecule has 4 aromatic rings. The average molecular weight is 435 g/mol. The Kier molecular flexibility index (Phi) is 4.96. The number of rotatable bonds is 4. The third-order valence-corrected chi connectivity index (χ3v) is 6.52. The SMILES string of the molecule is Fc1ccc(-c2[nH]nc(C3=CC4C=C(c5ccccc5)CN4CC3)c2-c2ccncc2)cc1. The Morgan fingerprint density at radius 1 is 0.818 bits per heavy atom. The van der Waals surface area contributed by atoms with E-state index in [1.54, 1.807) is 24.5 Å². The number of halogens is 1. The molecule has 2 aliphatic heterocycles. The van der Waals surface area contributed by atoms with Crippen LogP contribution in [0.15, 0.2) is 91.3 Å². The van der Waals surface area contributed by atoms with Crippen molar-refractivity contribution in [2.45, 2.75) is 12.5 Å². The van der Waals surface area contributed by atoms with Crippen molar-refractivity contribution in [3.63, 3.8) is 0 Å². The first kappa shape index (κ1) is 19.8. The van der Waals surface area contributed by atoms with E-state index in [9.17, 15) is 4.39 Å². The lowest BCUT2D eigenvalue weighted by atomic mass is 9.93. The number of hydrogen-bond donors (Lipinski definition) is 1. The fourth-order valence-electron chi connectivity index (χ4n) is 4.86. The molecule has 33 heavy (non-hydrogen) atoms. The van der Waals surface area contributed by atoms with Gasteiger partial charge in [-0.05, 0) is 65.1 Å². The molecule has 6 rings (SSSR count). The number of pyridine rings is 1. The molecule has 1 atom stereocenters. The van der Waals surface area contributed by atoms with Crippen LogP contribution in [-0.4, -0.2) is 39.2 Å². The van der Waals surface area contributed by atoms with Crippen LogP contribution in [0.5, 0.6) is 0 Å². The van der Waals surface area contributed by atoms with E-state index in [0.717, 1.165) is 47.6 Å². The molecule has 0 radical (unpaired) electrons. The van der Waals surface area contributed by atoms with Gasteiger partial charge >= 0.3 is 0 Å². The first-order chi connectivity index (χ1) is 16.3. The highest BCUT2D eigenvalue weighted by Gasteiger charge is 2.30. The summed E-state index contributed by atoms with van der Waals surface area (Å²) in [5.41, 5.74) is 8.75. The molecule has 0 aliphatic carbocycles. The standard InChI is InChI=1S/C28H23FN4/c29-24-8-6-21(7-9-24)27-26(20-10-13-30-14-11-20)28(32-31-27)22-12-15-33-18-23(17-25(33)16-22)19-4-2-1-3-5-19/h1-11,13-14,16-17,25H,12,15,18H2,(H,31,32). The zero-order chi connectivity index (χ0) is 22.2. The van der Waals surface area contributed by atoms with Crippen LogP contribution < -0.4 is 0 Å². The summed E-state index contributed by atoms with van der Waals surface area (Å²) in [6, 6.07) is 21.4. The third-order valence-electron chi connectivity index (χ3n) is 6.52. The summed E-state index contributed by atoms with van der Waals surface area (Å²) >= 11 is 0. The zero-order valence-corrected chi connectivity index (χ0v) is 18.1. The van der Waals surface area contributed by atoms with Gasteiger partial charge in [0.1, 0.15) is 5.82 Å². The maximum atomic E-state index is 13.5. The van der Waals surface area contributed by atoms with Crippen molar-refractivity contribution in [2.24, 2.45) is 0 Å². The fourth-order valence-corrected chi connectivity index (χ4v) is 4.86. The van der Waals surface area contributed by atoms with Gasteiger partial charge < -0.3 is 0 Å². The molecule has 0 saturated carbocycles. The number of fused-ring (bicyclic) bond motifs is 1. The molecule has 2 aromatic carbocycles. The van der Waals surface area contributed by atoms with Crippen molar-refractivity contribution in [3.05, 3.63) is 108 Å². The highest BCUT2D eigenvalue weighted by molar-refractivity contribution is 5.90. The molecule has 1 N–H and O–H groups in total. The first-order valence-electron chi connectivity index (χ1n) is 11.2. The van der Waals surface area contributed by atoms with Gasteiger partial charge in [0.2, 0.25) is 0 Å². The van der Waals surface area contributed by atoms with Gasteiger partial charge in [0.05, 0.1) is 11.4 Å². The van der Waals surface area contributed by atoms with Crippen molar-refractivity contribution in [3.8, 4) is 22.4 Å².